The Bertz CT molecular complexity index is 567. The molecule has 4 heteroatoms. The summed E-state index contributed by atoms with van der Waals surface area (Å²) in [5, 5.41) is 0. The van der Waals surface area contributed by atoms with Gasteiger partial charge in [0.05, 0.1) is 7.11 Å². The minimum Gasteiger partial charge on any atom is -0.497 e. The number of hydrogen-bond donors (Lipinski definition) is 1. The Kier molecular flexibility index (Phi) is 5.04. The Hall–Kier alpha value is -1.52. The van der Waals surface area contributed by atoms with Crippen molar-refractivity contribution in [3.8, 4) is 17.2 Å². The summed E-state index contributed by atoms with van der Waals surface area (Å²) in [6.45, 7) is 1.98. The molecule has 0 spiro atoms. The van der Waals surface area contributed by atoms with Crippen LogP contribution in [0.5, 0.6) is 17.2 Å². The lowest BCUT2D eigenvalue weighted by molar-refractivity contribution is 0.412. The highest BCUT2D eigenvalue weighted by Gasteiger charge is 2.08. The van der Waals surface area contributed by atoms with E-state index in [0.717, 1.165) is 33.7 Å². The molecule has 0 heterocycles. The maximum absolute atomic E-state index is 5.93. The molecule has 2 rings (SSSR count). The highest BCUT2D eigenvalue weighted by atomic mass is 79.9. The molecule has 0 bridgehead atoms. The molecule has 2 N–H and O–H groups in total. The Morgan fingerprint density at radius 3 is 2.35 bits per heavy atom. The van der Waals surface area contributed by atoms with E-state index in [9.17, 15) is 0 Å². The molecule has 0 aliphatic rings. The van der Waals surface area contributed by atoms with Gasteiger partial charge in [0.2, 0.25) is 0 Å². The monoisotopic (exact) mass is 335 g/mol. The third-order valence-corrected chi connectivity index (χ3v) is 3.34. The van der Waals surface area contributed by atoms with Gasteiger partial charge in [-0.25, -0.2) is 0 Å². The van der Waals surface area contributed by atoms with Gasteiger partial charge in [-0.15, -0.1) is 0 Å². The third-order valence-electron chi connectivity index (χ3n) is 2.85. The highest BCUT2D eigenvalue weighted by molar-refractivity contribution is 9.10. The van der Waals surface area contributed by atoms with Gasteiger partial charge < -0.3 is 15.2 Å². The summed E-state index contributed by atoms with van der Waals surface area (Å²) in [6, 6.07) is 13.6. The van der Waals surface area contributed by atoms with E-state index in [1.165, 1.54) is 0 Å². The van der Waals surface area contributed by atoms with Crippen LogP contribution in [0.1, 0.15) is 12.5 Å². The van der Waals surface area contributed by atoms with Crippen molar-refractivity contribution in [2.24, 2.45) is 5.73 Å². The van der Waals surface area contributed by atoms with Gasteiger partial charge in [0.1, 0.15) is 17.2 Å². The molecule has 1 unspecified atom stereocenters. The summed E-state index contributed by atoms with van der Waals surface area (Å²) in [6.07, 6.45) is 0.769. The van der Waals surface area contributed by atoms with Gasteiger partial charge in [0.15, 0.2) is 0 Å². The molecule has 0 saturated heterocycles. The minimum atomic E-state index is 0.0857. The molecule has 20 heavy (non-hydrogen) atoms. The summed E-state index contributed by atoms with van der Waals surface area (Å²) < 4.78 is 12.1. The van der Waals surface area contributed by atoms with E-state index >= 15 is 0 Å². The fraction of sp³-hybridized carbons (Fsp3) is 0.250. The van der Waals surface area contributed by atoms with Crippen molar-refractivity contribution in [2.45, 2.75) is 19.4 Å². The lowest BCUT2D eigenvalue weighted by Gasteiger charge is -2.13. The van der Waals surface area contributed by atoms with Crippen LogP contribution in [-0.2, 0) is 6.42 Å². The number of rotatable bonds is 5. The zero-order chi connectivity index (χ0) is 14.5. The zero-order valence-corrected chi connectivity index (χ0v) is 13.2. The Balaban J connectivity index is 2.22. The van der Waals surface area contributed by atoms with Crippen LogP contribution < -0.4 is 15.2 Å². The van der Waals surface area contributed by atoms with Crippen LogP contribution in [0.15, 0.2) is 46.9 Å². The van der Waals surface area contributed by atoms with Gasteiger partial charge >= 0.3 is 0 Å². The first kappa shape index (κ1) is 14.9. The third kappa shape index (κ3) is 3.99. The molecule has 0 aromatic heterocycles. The van der Waals surface area contributed by atoms with Gasteiger partial charge in [-0.1, -0.05) is 15.9 Å². The number of ether oxygens (including phenoxy) is 2. The summed E-state index contributed by atoms with van der Waals surface area (Å²) in [5.74, 6) is 2.42. The summed E-state index contributed by atoms with van der Waals surface area (Å²) in [4.78, 5) is 0. The van der Waals surface area contributed by atoms with Gasteiger partial charge in [-0.05, 0) is 61.4 Å². The van der Waals surface area contributed by atoms with Crippen molar-refractivity contribution in [3.63, 3.8) is 0 Å². The van der Waals surface area contributed by atoms with Gasteiger partial charge in [-0.2, -0.15) is 0 Å². The Morgan fingerprint density at radius 2 is 1.75 bits per heavy atom. The van der Waals surface area contributed by atoms with Crippen molar-refractivity contribution in [1.82, 2.24) is 0 Å². The second-order valence-corrected chi connectivity index (χ2v) is 5.63. The van der Waals surface area contributed by atoms with Crippen molar-refractivity contribution in [2.75, 3.05) is 7.11 Å². The maximum atomic E-state index is 5.93. The second kappa shape index (κ2) is 6.77. The van der Waals surface area contributed by atoms with Crippen molar-refractivity contribution < 1.29 is 9.47 Å². The Morgan fingerprint density at radius 1 is 1.10 bits per heavy atom. The van der Waals surface area contributed by atoms with Gasteiger partial charge in [0.25, 0.3) is 0 Å². The highest BCUT2D eigenvalue weighted by Crippen LogP contribution is 2.29. The molecule has 2 aromatic rings. The van der Waals surface area contributed by atoms with Crippen LogP contribution in [0, 0.1) is 0 Å². The lowest BCUT2D eigenvalue weighted by Crippen LogP contribution is -2.18. The van der Waals surface area contributed by atoms with Crippen LogP contribution in [-0.4, -0.2) is 13.2 Å². The molecule has 0 radical (unpaired) electrons. The van der Waals surface area contributed by atoms with Crippen LogP contribution >= 0.6 is 15.9 Å². The first-order valence-electron chi connectivity index (χ1n) is 6.44. The fourth-order valence-electron chi connectivity index (χ4n) is 1.92. The van der Waals surface area contributed by atoms with Gasteiger partial charge in [0, 0.05) is 10.5 Å². The molecule has 0 aliphatic heterocycles. The van der Waals surface area contributed by atoms with Crippen molar-refractivity contribution >= 4 is 15.9 Å². The predicted octanol–water partition coefficient (Wildman–Crippen LogP) is 4.14. The van der Waals surface area contributed by atoms with Crippen molar-refractivity contribution in [1.29, 1.82) is 0 Å². The zero-order valence-electron chi connectivity index (χ0n) is 11.6. The average molecular weight is 336 g/mol. The van der Waals surface area contributed by atoms with E-state index in [2.05, 4.69) is 15.9 Å². The van der Waals surface area contributed by atoms with Crippen LogP contribution in [0.4, 0.5) is 0 Å². The molecule has 3 nitrogen and oxygen atoms in total. The molecular formula is C16H18BrNO2. The summed E-state index contributed by atoms with van der Waals surface area (Å²) >= 11 is 3.48. The molecule has 0 fully saturated rings. The number of halogens is 1. The first-order valence-corrected chi connectivity index (χ1v) is 7.23. The first-order chi connectivity index (χ1) is 9.58. The normalized spacial score (nSPS) is 12.0. The van der Waals surface area contributed by atoms with Crippen LogP contribution in [0.3, 0.4) is 0 Å². The van der Waals surface area contributed by atoms with E-state index in [0.29, 0.717) is 0 Å². The fourth-order valence-corrected chi connectivity index (χ4v) is 2.33. The molecule has 1 atom stereocenters. The number of benzene rings is 2. The smallest absolute Gasteiger partial charge is 0.130 e. The molecule has 2 aromatic carbocycles. The van der Waals surface area contributed by atoms with E-state index in [1.54, 1.807) is 7.11 Å². The Labute approximate surface area is 127 Å². The number of methoxy groups -OCH3 is 1. The topological polar surface area (TPSA) is 44.5 Å². The number of nitrogens with two attached hydrogens (primary N) is 1. The largest absolute Gasteiger partial charge is 0.497 e. The molecule has 0 aliphatic carbocycles. The molecule has 106 valence electrons. The molecular weight excluding hydrogens is 318 g/mol. The quantitative estimate of drug-likeness (QED) is 0.892. The standard InChI is InChI=1S/C16H18BrNO2/c1-11(18)9-12-10-13(17)3-8-16(12)20-15-6-4-14(19-2)5-7-15/h3-8,10-11H,9,18H2,1-2H3. The summed E-state index contributed by atoms with van der Waals surface area (Å²) in [5.41, 5.74) is 6.98. The van der Waals surface area contributed by atoms with Crippen LogP contribution in [0.25, 0.3) is 0 Å². The predicted molar refractivity (Wildman–Crippen MR) is 84.6 cm³/mol. The number of hydrogen-bond acceptors (Lipinski definition) is 3. The van der Waals surface area contributed by atoms with E-state index in [-0.39, 0.29) is 6.04 Å². The van der Waals surface area contributed by atoms with Crippen LogP contribution in [0.2, 0.25) is 0 Å². The van der Waals surface area contributed by atoms with E-state index in [1.807, 2.05) is 49.4 Å². The maximum Gasteiger partial charge on any atom is 0.130 e. The lowest BCUT2D eigenvalue weighted by atomic mass is 10.1. The molecule has 0 saturated carbocycles. The summed E-state index contributed by atoms with van der Waals surface area (Å²) in [7, 11) is 1.64. The van der Waals surface area contributed by atoms with E-state index in [4.69, 9.17) is 15.2 Å². The SMILES string of the molecule is COc1ccc(Oc2ccc(Br)cc2CC(C)N)cc1. The van der Waals surface area contributed by atoms with Crippen molar-refractivity contribution in [3.05, 3.63) is 52.5 Å². The van der Waals surface area contributed by atoms with Gasteiger partial charge in [-0.3, -0.25) is 0 Å². The van der Waals surface area contributed by atoms with E-state index < -0.39 is 0 Å². The average Bonchev–Trinajstić information content (AvgIpc) is 2.42. The molecule has 0 amide bonds. The minimum absolute atomic E-state index is 0.0857. The second-order valence-electron chi connectivity index (χ2n) is 4.71.